The second-order valence-electron chi connectivity index (χ2n) is 4.90. The molecule has 0 fully saturated rings. The summed E-state index contributed by atoms with van der Waals surface area (Å²) in [6, 6.07) is -0.819. The van der Waals surface area contributed by atoms with Crippen LogP contribution in [0.3, 0.4) is 0 Å². The number of rotatable bonds is 5. The Kier molecular flexibility index (Phi) is 5.09. The summed E-state index contributed by atoms with van der Waals surface area (Å²) in [5.74, 6) is -0.970. The third-order valence-electron chi connectivity index (χ3n) is 2.60. The van der Waals surface area contributed by atoms with Gasteiger partial charge in [-0.15, -0.1) is 10.3 Å². The van der Waals surface area contributed by atoms with Crippen molar-refractivity contribution in [3.63, 3.8) is 0 Å². The largest absolute Gasteiger partial charge is 0.480 e. The first-order valence-electron chi connectivity index (χ1n) is 4.93. The summed E-state index contributed by atoms with van der Waals surface area (Å²) in [6.07, 6.45) is 4.53. The lowest BCUT2D eigenvalue weighted by Gasteiger charge is -2.43. The predicted molar refractivity (Wildman–Crippen MR) is 65.4 cm³/mol. The van der Waals surface area contributed by atoms with E-state index in [0.29, 0.717) is 13.0 Å². The summed E-state index contributed by atoms with van der Waals surface area (Å²) in [4.78, 5) is 10.5. The van der Waals surface area contributed by atoms with E-state index >= 15 is 0 Å². The maximum absolute atomic E-state index is 10.5. The molecule has 0 heterocycles. The van der Waals surface area contributed by atoms with Crippen LogP contribution in [0.25, 0.3) is 0 Å². The fourth-order valence-electron chi connectivity index (χ4n) is 0.684. The van der Waals surface area contributed by atoms with E-state index in [-0.39, 0.29) is 4.75 Å². The van der Waals surface area contributed by atoms with Gasteiger partial charge in [0.25, 0.3) is 0 Å². The molecule has 0 rings (SSSR count). The topological polar surface area (TPSA) is 72.5 Å². The number of hydrogen-bond donors (Lipinski definition) is 2. The summed E-state index contributed by atoms with van der Waals surface area (Å²) in [6.45, 7) is 6.78. The minimum atomic E-state index is -1.17. The first kappa shape index (κ1) is 14.7. The third kappa shape index (κ3) is 4.86. The Hall–Kier alpha value is -0.260. The second kappa shape index (κ2) is 5.18. The molecule has 92 valence electrons. The van der Waals surface area contributed by atoms with Gasteiger partial charge in [-0.2, -0.15) is 0 Å². The molecule has 4 nitrogen and oxygen atoms in total. The van der Waals surface area contributed by atoms with Gasteiger partial charge in [0.05, 0.1) is 6.61 Å². The Bertz CT molecular complexity index is 223. The van der Waals surface area contributed by atoms with Gasteiger partial charge in [0.1, 0.15) is 6.04 Å². The molecule has 0 aliphatic heterocycles. The SMILES string of the molecule is CC(C)(C)S(C)(C)OCCC(N)C(=O)O. The maximum atomic E-state index is 10.5. The lowest BCUT2D eigenvalue weighted by molar-refractivity contribution is -0.138. The van der Waals surface area contributed by atoms with Crippen molar-refractivity contribution in [2.45, 2.75) is 38.0 Å². The van der Waals surface area contributed by atoms with Crippen LogP contribution >= 0.6 is 10.3 Å². The average Bonchev–Trinajstić information content (AvgIpc) is 2.01. The fraction of sp³-hybridized carbons (Fsp3) is 0.900. The Morgan fingerprint density at radius 1 is 1.47 bits per heavy atom. The molecule has 0 radical (unpaired) electrons. The molecular weight excluding hydrogens is 214 g/mol. The molecule has 1 atom stereocenters. The lowest BCUT2D eigenvalue weighted by Crippen LogP contribution is -2.32. The van der Waals surface area contributed by atoms with Crippen LogP contribution in [0, 0.1) is 0 Å². The van der Waals surface area contributed by atoms with E-state index in [9.17, 15) is 4.79 Å². The van der Waals surface area contributed by atoms with Crippen molar-refractivity contribution in [3.8, 4) is 0 Å². The van der Waals surface area contributed by atoms with E-state index in [1.54, 1.807) is 0 Å². The third-order valence-corrected chi connectivity index (χ3v) is 6.30. The molecule has 0 aromatic heterocycles. The summed E-state index contributed by atoms with van der Waals surface area (Å²) in [7, 11) is -1.17. The lowest BCUT2D eigenvalue weighted by atomic mass is 10.2. The van der Waals surface area contributed by atoms with Crippen molar-refractivity contribution in [1.82, 2.24) is 0 Å². The van der Waals surface area contributed by atoms with Crippen molar-refractivity contribution >= 4 is 16.3 Å². The zero-order chi connectivity index (χ0) is 12.3. The number of carbonyl (C=O) groups is 1. The normalized spacial score (nSPS) is 16.1. The van der Waals surface area contributed by atoms with Gasteiger partial charge in [-0.25, -0.2) is 0 Å². The van der Waals surface area contributed by atoms with E-state index in [4.69, 9.17) is 15.0 Å². The van der Waals surface area contributed by atoms with Gasteiger partial charge in [-0.05, 0) is 18.9 Å². The van der Waals surface area contributed by atoms with Crippen LogP contribution in [0.1, 0.15) is 27.2 Å². The van der Waals surface area contributed by atoms with Crippen LogP contribution < -0.4 is 5.73 Å². The van der Waals surface area contributed by atoms with Gasteiger partial charge in [-0.3, -0.25) is 4.79 Å². The molecule has 1 unspecified atom stereocenters. The van der Waals surface area contributed by atoms with Crippen molar-refractivity contribution in [2.24, 2.45) is 5.73 Å². The summed E-state index contributed by atoms with van der Waals surface area (Å²) < 4.78 is 5.85. The van der Waals surface area contributed by atoms with Crippen LogP contribution in [0.4, 0.5) is 0 Å². The smallest absolute Gasteiger partial charge is 0.320 e. The monoisotopic (exact) mass is 237 g/mol. The quantitative estimate of drug-likeness (QED) is 0.761. The number of nitrogens with two attached hydrogens (primary N) is 1. The van der Waals surface area contributed by atoms with Crippen LogP contribution in [-0.4, -0.2) is 41.0 Å². The summed E-state index contributed by atoms with van der Waals surface area (Å²) >= 11 is 0. The highest BCUT2D eigenvalue weighted by Crippen LogP contribution is 2.53. The zero-order valence-corrected chi connectivity index (χ0v) is 11.1. The van der Waals surface area contributed by atoms with Crippen molar-refractivity contribution in [3.05, 3.63) is 0 Å². The zero-order valence-electron chi connectivity index (χ0n) is 10.2. The molecule has 3 N–H and O–H groups in total. The molecule has 0 saturated heterocycles. The van der Waals surface area contributed by atoms with E-state index < -0.39 is 22.3 Å². The van der Waals surface area contributed by atoms with Gasteiger partial charge in [0.15, 0.2) is 0 Å². The van der Waals surface area contributed by atoms with Crippen LogP contribution in [0.2, 0.25) is 0 Å². The Morgan fingerprint density at radius 3 is 2.27 bits per heavy atom. The maximum Gasteiger partial charge on any atom is 0.320 e. The van der Waals surface area contributed by atoms with Gasteiger partial charge < -0.3 is 15.0 Å². The predicted octanol–water partition coefficient (Wildman–Crippen LogP) is 1.58. The van der Waals surface area contributed by atoms with E-state index in [1.165, 1.54) is 0 Å². The van der Waals surface area contributed by atoms with Gasteiger partial charge >= 0.3 is 5.97 Å². The molecule has 0 saturated carbocycles. The molecule has 0 spiro atoms. The Labute approximate surface area is 93.7 Å². The van der Waals surface area contributed by atoms with Crippen molar-refractivity contribution in [1.29, 1.82) is 0 Å². The van der Waals surface area contributed by atoms with E-state index in [2.05, 4.69) is 33.3 Å². The second-order valence-corrected chi connectivity index (χ2v) is 8.83. The Morgan fingerprint density at radius 2 is 1.93 bits per heavy atom. The molecule has 0 aromatic rings. The van der Waals surface area contributed by atoms with Gasteiger partial charge in [0.2, 0.25) is 0 Å². The summed E-state index contributed by atoms with van der Waals surface area (Å²) in [5.41, 5.74) is 5.38. The number of hydrogen-bond acceptors (Lipinski definition) is 3. The first-order valence-corrected chi connectivity index (χ1v) is 7.31. The minimum absolute atomic E-state index is 0.0975. The highest BCUT2D eigenvalue weighted by Gasteiger charge is 2.28. The van der Waals surface area contributed by atoms with Gasteiger partial charge in [0, 0.05) is 4.75 Å². The molecular formula is C10H23NO3S. The highest BCUT2D eigenvalue weighted by atomic mass is 32.3. The number of aliphatic carboxylic acids is 1. The molecule has 0 aliphatic carbocycles. The van der Waals surface area contributed by atoms with Crippen LogP contribution in [-0.2, 0) is 8.98 Å². The van der Waals surface area contributed by atoms with Gasteiger partial charge in [-0.1, -0.05) is 20.8 Å². The molecule has 0 amide bonds. The molecule has 15 heavy (non-hydrogen) atoms. The highest BCUT2D eigenvalue weighted by molar-refractivity contribution is 8.29. The number of carboxylic acids is 1. The van der Waals surface area contributed by atoms with Crippen LogP contribution in [0.15, 0.2) is 0 Å². The Balaban J connectivity index is 4.01. The average molecular weight is 237 g/mol. The first-order chi connectivity index (χ1) is 6.58. The molecule has 5 heteroatoms. The molecule has 0 aromatic carbocycles. The van der Waals surface area contributed by atoms with E-state index in [0.717, 1.165) is 0 Å². The van der Waals surface area contributed by atoms with E-state index in [1.807, 2.05) is 0 Å². The van der Waals surface area contributed by atoms with Crippen LogP contribution in [0.5, 0.6) is 0 Å². The number of carboxylic acid groups (broad SMARTS) is 1. The molecule has 0 aliphatic rings. The van der Waals surface area contributed by atoms with Crippen molar-refractivity contribution in [2.75, 3.05) is 19.1 Å². The minimum Gasteiger partial charge on any atom is -0.480 e. The fourth-order valence-corrected chi connectivity index (χ4v) is 1.55. The standard InChI is InChI=1S/C10H23NO3S/c1-10(2,3)15(4,5)14-7-6-8(11)9(12)13/h8H,6-7,11H2,1-5H3,(H,12,13). The summed E-state index contributed by atoms with van der Waals surface area (Å²) in [5, 5.41) is 8.60. The molecule has 0 bridgehead atoms. The van der Waals surface area contributed by atoms with Crippen molar-refractivity contribution < 1.29 is 14.1 Å².